The average molecular weight is 193 g/mol. The molecule has 1 atom stereocenters. The number of piperidine rings is 1. The van der Waals surface area contributed by atoms with Crippen LogP contribution >= 0.6 is 0 Å². The van der Waals surface area contributed by atoms with E-state index in [1.807, 2.05) is 4.90 Å². The molecule has 0 saturated carbocycles. The molecule has 1 aromatic rings. The van der Waals surface area contributed by atoms with Crippen LogP contribution in [0.1, 0.15) is 30.1 Å². The van der Waals surface area contributed by atoms with E-state index >= 15 is 0 Å². The number of furan rings is 1. The van der Waals surface area contributed by atoms with Crippen molar-refractivity contribution in [2.45, 2.75) is 19.8 Å². The minimum Gasteiger partial charge on any atom is -0.472 e. The molecule has 0 aliphatic carbocycles. The van der Waals surface area contributed by atoms with E-state index in [-0.39, 0.29) is 5.91 Å². The minimum absolute atomic E-state index is 0.102. The van der Waals surface area contributed by atoms with Crippen LogP contribution in [-0.2, 0) is 0 Å². The van der Waals surface area contributed by atoms with Gasteiger partial charge in [-0.05, 0) is 24.8 Å². The van der Waals surface area contributed by atoms with Crippen LogP contribution in [0, 0.1) is 5.92 Å². The van der Waals surface area contributed by atoms with Crippen molar-refractivity contribution in [1.29, 1.82) is 0 Å². The van der Waals surface area contributed by atoms with E-state index in [9.17, 15) is 4.79 Å². The zero-order chi connectivity index (χ0) is 9.97. The van der Waals surface area contributed by atoms with Crippen LogP contribution in [0.25, 0.3) is 0 Å². The van der Waals surface area contributed by atoms with E-state index in [2.05, 4.69) is 6.92 Å². The van der Waals surface area contributed by atoms with Gasteiger partial charge in [0.25, 0.3) is 5.91 Å². The number of amides is 1. The quantitative estimate of drug-likeness (QED) is 0.684. The molecule has 1 amide bonds. The average Bonchev–Trinajstić information content (AvgIpc) is 2.69. The molecule has 2 heterocycles. The summed E-state index contributed by atoms with van der Waals surface area (Å²) in [4.78, 5) is 13.8. The molecule has 76 valence electrons. The maximum Gasteiger partial charge on any atom is 0.257 e. The molecule has 3 heteroatoms. The third-order valence-electron chi connectivity index (χ3n) is 2.71. The largest absolute Gasteiger partial charge is 0.472 e. The SMILES string of the molecule is CC1CCCN(C(=O)c2ccoc2)C1. The summed E-state index contributed by atoms with van der Waals surface area (Å²) in [7, 11) is 0. The highest BCUT2D eigenvalue weighted by Gasteiger charge is 2.22. The van der Waals surface area contributed by atoms with E-state index in [0.717, 1.165) is 19.5 Å². The lowest BCUT2D eigenvalue weighted by molar-refractivity contribution is 0.0682. The van der Waals surface area contributed by atoms with Gasteiger partial charge in [0.05, 0.1) is 11.8 Å². The van der Waals surface area contributed by atoms with E-state index < -0.39 is 0 Å². The maximum absolute atomic E-state index is 11.9. The Hall–Kier alpha value is -1.25. The van der Waals surface area contributed by atoms with Crippen LogP contribution in [-0.4, -0.2) is 23.9 Å². The molecule has 2 rings (SSSR count). The molecular weight excluding hydrogens is 178 g/mol. The van der Waals surface area contributed by atoms with Gasteiger partial charge in [-0.1, -0.05) is 6.92 Å². The third kappa shape index (κ3) is 1.81. The van der Waals surface area contributed by atoms with Gasteiger partial charge in [0.2, 0.25) is 0 Å². The van der Waals surface area contributed by atoms with Crippen LogP contribution < -0.4 is 0 Å². The number of carbonyl (C=O) groups is 1. The normalized spacial score (nSPS) is 22.4. The smallest absolute Gasteiger partial charge is 0.257 e. The Morgan fingerprint density at radius 1 is 1.64 bits per heavy atom. The fraction of sp³-hybridized carbons (Fsp3) is 0.545. The molecule has 14 heavy (non-hydrogen) atoms. The standard InChI is InChI=1S/C11H15NO2/c1-9-3-2-5-12(7-9)11(13)10-4-6-14-8-10/h4,6,8-9H,2-3,5,7H2,1H3. The molecule has 1 aromatic heterocycles. The lowest BCUT2D eigenvalue weighted by atomic mass is 10.00. The van der Waals surface area contributed by atoms with Gasteiger partial charge in [-0.3, -0.25) is 4.79 Å². The lowest BCUT2D eigenvalue weighted by Crippen LogP contribution is -2.38. The first-order chi connectivity index (χ1) is 6.77. The highest BCUT2D eigenvalue weighted by molar-refractivity contribution is 5.93. The van der Waals surface area contributed by atoms with E-state index in [1.165, 1.54) is 12.7 Å². The third-order valence-corrected chi connectivity index (χ3v) is 2.71. The monoisotopic (exact) mass is 193 g/mol. The first-order valence-corrected chi connectivity index (χ1v) is 5.09. The Balaban J connectivity index is 2.04. The second-order valence-corrected chi connectivity index (χ2v) is 4.01. The maximum atomic E-state index is 11.9. The van der Waals surface area contributed by atoms with Crippen LogP contribution in [0.4, 0.5) is 0 Å². The minimum atomic E-state index is 0.102. The van der Waals surface area contributed by atoms with Crippen molar-refractivity contribution < 1.29 is 9.21 Å². The summed E-state index contributed by atoms with van der Waals surface area (Å²) in [6.45, 7) is 3.95. The topological polar surface area (TPSA) is 33.5 Å². The predicted octanol–water partition coefficient (Wildman–Crippen LogP) is 2.15. The molecule has 0 radical (unpaired) electrons. The van der Waals surface area contributed by atoms with Crippen molar-refractivity contribution in [3.8, 4) is 0 Å². The summed E-state index contributed by atoms with van der Waals surface area (Å²) in [6, 6.07) is 1.72. The molecule has 1 unspecified atom stereocenters. The Labute approximate surface area is 83.7 Å². The zero-order valence-electron chi connectivity index (χ0n) is 8.40. The molecule has 3 nitrogen and oxygen atoms in total. The predicted molar refractivity (Wildman–Crippen MR) is 53.0 cm³/mol. The van der Waals surface area contributed by atoms with Crippen molar-refractivity contribution in [2.24, 2.45) is 5.92 Å². The summed E-state index contributed by atoms with van der Waals surface area (Å²) in [6.07, 6.45) is 5.40. The first-order valence-electron chi connectivity index (χ1n) is 5.09. The summed E-state index contributed by atoms with van der Waals surface area (Å²) in [5.41, 5.74) is 0.666. The molecule has 0 aromatic carbocycles. The Bertz CT molecular complexity index is 305. The van der Waals surface area contributed by atoms with E-state index in [1.54, 1.807) is 12.3 Å². The van der Waals surface area contributed by atoms with Gasteiger partial charge < -0.3 is 9.32 Å². The highest BCUT2D eigenvalue weighted by Crippen LogP contribution is 2.17. The van der Waals surface area contributed by atoms with Gasteiger partial charge in [-0.2, -0.15) is 0 Å². The van der Waals surface area contributed by atoms with Gasteiger partial charge in [-0.15, -0.1) is 0 Å². The highest BCUT2D eigenvalue weighted by atomic mass is 16.3. The van der Waals surface area contributed by atoms with Crippen LogP contribution in [0.15, 0.2) is 23.0 Å². The molecule has 1 saturated heterocycles. The number of rotatable bonds is 1. The summed E-state index contributed by atoms with van der Waals surface area (Å²) in [5, 5.41) is 0. The van der Waals surface area contributed by atoms with Crippen molar-refractivity contribution in [1.82, 2.24) is 4.90 Å². The molecule has 1 aliphatic heterocycles. The number of likely N-dealkylation sites (tertiary alicyclic amines) is 1. The van der Waals surface area contributed by atoms with E-state index in [4.69, 9.17) is 4.42 Å². The molecule has 1 aliphatic rings. The fourth-order valence-electron chi connectivity index (χ4n) is 1.94. The molecule has 1 fully saturated rings. The van der Waals surface area contributed by atoms with Crippen molar-refractivity contribution >= 4 is 5.91 Å². The molecule has 0 spiro atoms. The van der Waals surface area contributed by atoms with Crippen LogP contribution in [0.5, 0.6) is 0 Å². The number of nitrogens with zero attached hydrogens (tertiary/aromatic N) is 1. The van der Waals surface area contributed by atoms with Crippen molar-refractivity contribution in [3.05, 3.63) is 24.2 Å². The van der Waals surface area contributed by atoms with Crippen LogP contribution in [0.2, 0.25) is 0 Å². The molecular formula is C11H15NO2. The second kappa shape index (κ2) is 3.86. The molecule has 0 bridgehead atoms. The number of hydrogen-bond donors (Lipinski definition) is 0. The summed E-state index contributed by atoms with van der Waals surface area (Å²) < 4.78 is 4.91. The van der Waals surface area contributed by atoms with Crippen LogP contribution in [0.3, 0.4) is 0 Å². The molecule has 0 N–H and O–H groups in total. The second-order valence-electron chi connectivity index (χ2n) is 4.01. The fourth-order valence-corrected chi connectivity index (χ4v) is 1.94. The Morgan fingerprint density at radius 3 is 3.14 bits per heavy atom. The van der Waals surface area contributed by atoms with Gasteiger partial charge in [0.15, 0.2) is 0 Å². The van der Waals surface area contributed by atoms with Gasteiger partial charge in [0, 0.05) is 13.1 Å². The van der Waals surface area contributed by atoms with Crippen molar-refractivity contribution in [3.63, 3.8) is 0 Å². The summed E-state index contributed by atoms with van der Waals surface area (Å²) >= 11 is 0. The Kier molecular flexibility index (Phi) is 2.57. The van der Waals surface area contributed by atoms with E-state index in [0.29, 0.717) is 11.5 Å². The number of carbonyl (C=O) groups excluding carboxylic acids is 1. The number of hydrogen-bond acceptors (Lipinski definition) is 2. The zero-order valence-corrected chi connectivity index (χ0v) is 8.40. The lowest BCUT2D eigenvalue weighted by Gasteiger charge is -2.30. The van der Waals surface area contributed by atoms with Gasteiger partial charge >= 0.3 is 0 Å². The first kappa shape index (κ1) is 9.31. The van der Waals surface area contributed by atoms with Gasteiger partial charge in [0.1, 0.15) is 6.26 Å². The van der Waals surface area contributed by atoms with Crippen molar-refractivity contribution in [2.75, 3.05) is 13.1 Å². The van der Waals surface area contributed by atoms with Gasteiger partial charge in [-0.25, -0.2) is 0 Å². The Morgan fingerprint density at radius 2 is 2.50 bits per heavy atom. The summed E-state index contributed by atoms with van der Waals surface area (Å²) in [5.74, 6) is 0.727.